The monoisotopic (exact) mass is 268 g/mol. The Balaban J connectivity index is 1.95. The smallest absolute Gasteiger partial charge is 0.239 e. The van der Waals surface area contributed by atoms with E-state index in [1.54, 1.807) is 12.1 Å². The molecule has 1 fully saturated rings. The normalized spacial score (nSPS) is 19.3. The van der Waals surface area contributed by atoms with E-state index in [1.807, 2.05) is 18.2 Å². The number of para-hydroxylation sites is 1. The van der Waals surface area contributed by atoms with Crippen LogP contribution in [0.1, 0.15) is 12.8 Å². The predicted molar refractivity (Wildman–Crippen MR) is 69.7 cm³/mol. The van der Waals surface area contributed by atoms with Crippen LogP contribution in [-0.4, -0.2) is 37.5 Å². The molecule has 0 spiro atoms. The second kappa shape index (κ2) is 5.49. The first kappa shape index (κ1) is 13.0. The number of nitrogens with one attached hydrogen (secondary N) is 1. The summed E-state index contributed by atoms with van der Waals surface area (Å²) in [7, 11) is -3.24. The molecular weight excluding hydrogens is 252 g/mol. The molecule has 0 radical (unpaired) electrons. The minimum atomic E-state index is -3.24. The van der Waals surface area contributed by atoms with Crippen LogP contribution >= 0.6 is 0 Å². The van der Waals surface area contributed by atoms with Crippen LogP contribution in [0.3, 0.4) is 0 Å². The Hall–Kier alpha value is -1.40. The molecule has 6 heteroatoms. The van der Waals surface area contributed by atoms with Gasteiger partial charge in [0.1, 0.15) is 0 Å². The van der Waals surface area contributed by atoms with E-state index >= 15 is 0 Å². The molecule has 0 atom stereocenters. The van der Waals surface area contributed by atoms with Gasteiger partial charge in [-0.15, -0.1) is 0 Å². The van der Waals surface area contributed by atoms with Crippen molar-refractivity contribution in [2.75, 3.05) is 24.2 Å². The van der Waals surface area contributed by atoms with Crippen LogP contribution in [0.5, 0.6) is 0 Å². The summed E-state index contributed by atoms with van der Waals surface area (Å²) in [6, 6.07) is 9.01. The molecule has 1 aliphatic rings. The number of benzene rings is 1. The van der Waals surface area contributed by atoms with Crippen molar-refractivity contribution < 1.29 is 13.2 Å². The quantitative estimate of drug-likeness (QED) is 0.891. The fraction of sp³-hybridized carbons (Fsp3) is 0.417. The summed E-state index contributed by atoms with van der Waals surface area (Å²) in [5.41, 5.74) is 0.678. The summed E-state index contributed by atoms with van der Waals surface area (Å²) in [5, 5.41) is 2.68. The van der Waals surface area contributed by atoms with Gasteiger partial charge in [0.05, 0.1) is 12.3 Å². The van der Waals surface area contributed by atoms with E-state index in [-0.39, 0.29) is 18.2 Å². The Morgan fingerprint density at radius 3 is 2.61 bits per heavy atom. The van der Waals surface area contributed by atoms with Crippen LogP contribution in [0.25, 0.3) is 0 Å². The van der Waals surface area contributed by atoms with Gasteiger partial charge in [-0.1, -0.05) is 18.2 Å². The fourth-order valence-corrected chi connectivity index (χ4v) is 3.45. The summed E-state index contributed by atoms with van der Waals surface area (Å²) in [6.45, 7) is 0.335. The third kappa shape index (κ3) is 3.30. The molecule has 0 saturated carbocycles. The number of carbonyl (C=O) groups excluding carboxylic acids is 1. The minimum absolute atomic E-state index is 0.1000. The number of hydrogen-bond donors (Lipinski definition) is 1. The molecule has 0 aromatic heterocycles. The van der Waals surface area contributed by atoms with Crippen LogP contribution in [0, 0.1) is 0 Å². The average molecular weight is 268 g/mol. The third-order valence-corrected chi connectivity index (χ3v) is 4.73. The van der Waals surface area contributed by atoms with Gasteiger partial charge >= 0.3 is 0 Å². The molecule has 1 aromatic rings. The second-order valence-electron chi connectivity index (χ2n) is 4.27. The van der Waals surface area contributed by atoms with E-state index < -0.39 is 10.0 Å². The highest BCUT2D eigenvalue weighted by atomic mass is 32.2. The Morgan fingerprint density at radius 2 is 1.94 bits per heavy atom. The SMILES string of the molecule is O=C(CN1CCCCS1(=O)=O)Nc1ccccc1. The first-order chi connectivity index (χ1) is 8.58. The van der Waals surface area contributed by atoms with Crippen LogP contribution in [-0.2, 0) is 14.8 Å². The lowest BCUT2D eigenvalue weighted by molar-refractivity contribution is -0.116. The van der Waals surface area contributed by atoms with Crippen molar-refractivity contribution in [2.24, 2.45) is 0 Å². The molecule has 1 saturated heterocycles. The van der Waals surface area contributed by atoms with Crippen molar-refractivity contribution in [3.05, 3.63) is 30.3 Å². The van der Waals surface area contributed by atoms with Gasteiger partial charge in [0, 0.05) is 12.2 Å². The summed E-state index contributed by atoms with van der Waals surface area (Å²) >= 11 is 0. The molecule has 0 unspecified atom stereocenters. The first-order valence-electron chi connectivity index (χ1n) is 5.91. The molecule has 1 heterocycles. The summed E-state index contributed by atoms with van der Waals surface area (Å²) in [5.74, 6) is -0.155. The lowest BCUT2D eigenvalue weighted by Crippen LogP contribution is -2.42. The first-order valence-corrected chi connectivity index (χ1v) is 7.51. The van der Waals surface area contributed by atoms with E-state index in [2.05, 4.69) is 5.32 Å². The standard InChI is InChI=1S/C12H16N2O3S/c15-12(13-11-6-2-1-3-7-11)10-14-8-4-5-9-18(14,16)17/h1-3,6-7H,4-5,8-10H2,(H,13,15). The zero-order chi connectivity index (χ0) is 13.0. The van der Waals surface area contributed by atoms with E-state index in [4.69, 9.17) is 0 Å². The van der Waals surface area contributed by atoms with Crippen LogP contribution in [0.4, 0.5) is 5.69 Å². The molecule has 1 amide bonds. The van der Waals surface area contributed by atoms with Gasteiger partial charge in [-0.25, -0.2) is 8.42 Å². The highest BCUT2D eigenvalue weighted by Gasteiger charge is 2.27. The topological polar surface area (TPSA) is 66.5 Å². The fourth-order valence-electron chi connectivity index (χ4n) is 1.90. The van der Waals surface area contributed by atoms with E-state index in [0.29, 0.717) is 18.7 Å². The third-order valence-electron chi connectivity index (χ3n) is 2.83. The van der Waals surface area contributed by atoms with E-state index in [1.165, 1.54) is 4.31 Å². The maximum Gasteiger partial charge on any atom is 0.239 e. The molecule has 2 rings (SSSR count). The Morgan fingerprint density at radius 1 is 1.22 bits per heavy atom. The van der Waals surface area contributed by atoms with Gasteiger partial charge in [0.15, 0.2) is 0 Å². The summed E-state index contributed by atoms with van der Waals surface area (Å²) < 4.78 is 24.7. The number of carbonyl (C=O) groups is 1. The number of sulfonamides is 1. The van der Waals surface area contributed by atoms with Crippen molar-refractivity contribution in [1.29, 1.82) is 0 Å². The van der Waals surface area contributed by atoms with Gasteiger partial charge in [-0.3, -0.25) is 4.79 Å². The number of hydrogen-bond acceptors (Lipinski definition) is 3. The average Bonchev–Trinajstić information content (AvgIpc) is 2.33. The number of anilines is 1. The van der Waals surface area contributed by atoms with Crippen LogP contribution in [0.15, 0.2) is 30.3 Å². The van der Waals surface area contributed by atoms with Gasteiger partial charge in [0.25, 0.3) is 0 Å². The predicted octanol–water partition coefficient (Wildman–Crippen LogP) is 1.05. The molecule has 0 aliphatic carbocycles. The highest BCUT2D eigenvalue weighted by Crippen LogP contribution is 2.13. The Bertz CT molecular complexity index is 513. The van der Waals surface area contributed by atoms with Crippen molar-refractivity contribution in [3.63, 3.8) is 0 Å². The van der Waals surface area contributed by atoms with Crippen molar-refractivity contribution in [3.8, 4) is 0 Å². The molecule has 1 aromatic carbocycles. The molecule has 18 heavy (non-hydrogen) atoms. The lowest BCUT2D eigenvalue weighted by atomic mass is 10.3. The van der Waals surface area contributed by atoms with Gasteiger partial charge < -0.3 is 5.32 Å². The van der Waals surface area contributed by atoms with E-state index in [9.17, 15) is 13.2 Å². The second-order valence-corrected chi connectivity index (χ2v) is 6.36. The van der Waals surface area contributed by atoms with Crippen molar-refractivity contribution >= 4 is 21.6 Å². The van der Waals surface area contributed by atoms with Gasteiger partial charge in [-0.2, -0.15) is 4.31 Å². The molecule has 98 valence electrons. The highest BCUT2D eigenvalue weighted by molar-refractivity contribution is 7.89. The number of rotatable bonds is 3. The van der Waals surface area contributed by atoms with Gasteiger partial charge in [0.2, 0.25) is 15.9 Å². The van der Waals surface area contributed by atoms with E-state index in [0.717, 1.165) is 6.42 Å². The largest absolute Gasteiger partial charge is 0.325 e. The van der Waals surface area contributed by atoms with Crippen molar-refractivity contribution in [2.45, 2.75) is 12.8 Å². The maximum atomic E-state index is 11.8. The van der Waals surface area contributed by atoms with Crippen LogP contribution in [0.2, 0.25) is 0 Å². The molecule has 1 N–H and O–H groups in total. The van der Waals surface area contributed by atoms with Crippen molar-refractivity contribution in [1.82, 2.24) is 4.31 Å². The Labute approximate surface area is 107 Å². The number of nitrogens with zero attached hydrogens (tertiary/aromatic N) is 1. The molecule has 1 aliphatic heterocycles. The Kier molecular flexibility index (Phi) is 3.98. The lowest BCUT2D eigenvalue weighted by Gasteiger charge is -2.25. The summed E-state index contributed by atoms with van der Waals surface area (Å²) in [6.07, 6.45) is 1.50. The minimum Gasteiger partial charge on any atom is -0.325 e. The van der Waals surface area contributed by atoms with Gasteiger partial charge in [-0.05, 0) is 25.0 Å². The summed E-state index contributed by atoms with van der Waals surface area (Å²) in [4.78, 5) is 11.8. The molecule has 5 nitrogen and oxygen atoms in total. The zero-order valence-electron chi connectivity index (χ0n) is 10.0. The number of amides is 1. The zero-order valence-corrected chi connectivity index (χ0v) is 10.8. The molecular formula is C12H16N2O3S. The maximum absolute atomic E-state index is 11.8. The molecule has 0 bridgehead atoms. The van der Waals surface area contributed by atoms with Crippen LogP contribution < -0.4 is 5.32 Å².